The molecule has 0 saturated carbocycles. The summed E-state index contributed by atoms with van der Waals surface area (Å²) in [6.45, 7) is 0.136. The SMILES string of the molecule is O=C(NCc1ccco1)C(=O)N/N=C\c1cccc(Cl)c1. The minimum atomic E-state index is -0.861. The number of carbonyl (C=O) groups excluding carboxylic acids is 2. The molecular formula is C14H12ClN3O3. The van der Waals surface area contributed by atoms with Crippen LogP contribution < -0.4 is 10.7 Å². The monoisotopic (exact) mass is 305 g/mol. The Bertz CT molecular complexity index is 653. The van der Waals surface area contributed by atoms with E-state index in [-0.39, 0.29) is 6.54 Å². The van der Waals surface area contributed by atoms with Crippen LogP contribution in [0.3, 0.4) is 0 Å². The molecule has 0 unspecified atom stereocenters. The summed E-state index contributed by atoms with van der Waals surface area (Å²) in [5.41, 5.74) is 2.83. The van der Waals surface area contributed by atoms with Crippen LogP contribution in [0.15, 0.2) is 52.2 Å². The quantitative estimate of drug-likeness (QED) is 0.512. The molecule has 1 aromatic heterocycles. The van der Waals surface area contributed by atoms with E-state index in [2.05, 4.69) is 15.8 Å². The zero-order valence-electron chi connectivity index (χ0n) is 10.9. The molecule has 0 saturated heterocycles. The van der Waals surface area contributed by atoms with Gasteiger partial charge in [-0.15, -0.1) is 0 Å². The van der Waals surface area contributed by atoms with Crippen LogP contribution in [-0.4, -0.2) is 18.0 Å². The van der Waals surface area contributed by atoms with Gasteiger partial charge in [-0.3, -0.25) is 9.59 Å². The van der Waals surface area contributed by atoms with Gasteiger partial charge in [-0.25, -0.2) is 5.43 Å². The molecule has 0 bridgehead atoms. The van der Waals surface area contributed by atoms with Crippen molar-refractivity contribution >= 4 is 29.6 Å². The molecule has 0 aliphatic heterocycles. The fraction of sp³-hybridized carbons (Fsp3) is 0.0714. The number of hydrogen-bond acceptors (Lipinski definition) is 4. The molecule has 1 heterocycles. The number of rotatable bonds is 4. The molecule has 0 aliphatic rings. The number of nitrogens with one attached hydrogen (secondary N) is 2. The highest BCUT2D eigenvalue weighted by atomic mass is 35.5. The molecule has 0 aliphatic carbocycles. The maximum atomic E-state index is 11.5. The van der Waals surface area contributed by atoms with Crippen molar-refractivity contribution in [2.45, 2.75) is 6.54 Å². The number of nitrogens with zero attached hydrogens (tertiary/aromatic N) is 1. The van der Waals surface area contributed by atoms with Crippen LogP contribution in [0.2, 0.25) is 5.02 Å². The van der Waals surface area contributed by atoms with Crippen LogP contribution in [0.4, 0.5) is 0 Å². The Balaban J connectivity index is 1.79. The Morgan fingerprint density at radius 3 is 2.81 bits per heavy atom. The Labute approximate surface area is 125 Å². The van der Waals surface area contributed by atoms with Gasteiger partial charge in [0.2, 0.25) is 0 Å². The minimum Gasteiger partial charge on any atom is -0.467 e. The van der Waals surface area contributed by atoms with Crippen molar-refractivity contribution in [3.8, 4) is 0 Å². The van der Waals surface area contributed by atoms with E-state index in [1.54, 1.807) is 36.4 Å². The van der Waals surface area contributed by atoms with Gasteiger partial charge in [0.1, 0.15) is 5.76 Å². The fourth-order valence-electron chi connectivity index (χ4n) is 1.46. The Hall–Kier alpha value is -2.60. The van der Waals surface area contributed by atoms with Gasteiger partial charge in [0.15, 0.2) is 0 Å². The lowest BCUT2D eigenvalue weighted by Gasteiger charge is -2.01. The van der Waals surface area contributed by atoms with Crippen LogP contribution in [0.25, 0.3) is 0 Å². The van der Waals surface area contributed by atoms with E-state index in [9.17, 15) is 9.59 Å². The van der Waals surface area contributed by atoms with Crippen LogP contribution in [-0.2, 0) is 16.1 Å². The molecule has 7 heteroatoms. The fourth-order valence-corrected chi connectivity index (χ4v) is 1.66. The van der Waals surface area contributed by atoms with E-state index in [1.165, 1.54) is 12.5 Å². The van der Waals surface area contributed by atoms with Gasteiger partial charge in [0.25, 0.3) is 0 Å². The molecule has 1 aromatic carbocycles. The van der Waals surface area contributed by atoms with Crippen molar-refractivity contribution < 1.29 is 14.0 Å². The van der Waals surface area contributed by atoms with E-state index in [1.807, 2.05) is 0 Å². The zero-order chi connectivity index (χ0) is 15.1. The number of hydrogen-bond donors (Lipinski definition) is 2. The lowest BCUT2D eigenvalue weighted by molar-refractivity contribution is -0.139. The molecule has 108 valence electrons. The van der Waals surface area contributed by atoms with E-state index in [4.69, 9.17) is 16.0 Å². The second-order valence-corrected chi connectivity index (χ2v) is 4.45. The van der Waals surface area contributed by atoms with Crippen molar-refractivity contribution in [2.75, 3.05) is 0 Å². The number of halogens is 1. The third kappa shape index (κ3) is 4.77. The van der Waals surface area contributed by atoms with Gasteiger partial charge >= 0.3 is 11.8 Å². The molecule has 2 amide bonds. The summed E-state index contributed by atoms with van der Waals surface area (Å²) in [5.74, 6) is -1.10. The number of amides is 2. The average Bonchev–Trinajstić information content (AvgIpc) is 2.98. The van der Waals surface area contributed by atoms with E-state index in [0.29, 0.717) is 16.3 Å². The first-order valence-electron chi connectivity index (χ1n) is 6.04. The number of hydrazone groups is 1. The molecule has 0 radical (unpaired) electrons. The summed E-state index contributed by atoms with van der Waals surface area (Å²) in [4.78, 5) is 22.9. The normalized spacial score (nSPS) is 10.5. The first-order valence-corrected chi connectivity index (χ1v) is 6.42. The number of benzene rings is 1. The Morgan fingerprint density at radius 2 is 2.10 bits per heavy atom. The predicted octanol–water partition coefficient (Wildman–Crippen LogP) is 1.70. The van der Waals surface area contributed by atoms with Crippen LogP contribution in [0.1, 0.15) is 11.3 Å². The second-order valence-electron chi connectivity index (χ2n) is 4.02. The highest BCUT2D eigenvalue weighted by Crippen LogP contribution is 2.08. The molecule has 0 atom stereocenters. The summed E-state index contributed by atoms with van der Waals surface area (Å²) < 4.78 is 5.03. The first kappa shape index (κ1) is 14.8. The smallest absolute Gasteiger partial charge is 0.329 e. The molecule has 2 rings (SSSR count). The Morgan fingerprint density at radius 1 is 1.24 bits per heavy atom. The van der Waals surface area contributed by atoms with Crippen LogP contribution in [0, 0.1) is 0 Å². The van der Waals surface area contributed by atoms with Gasteiger partial charge in [-0.1, -0.05) is 23.7 Å². The van der Waals surface area contributed by atoms with Gasteiger partial charge in [-0.2, -0.15) is 5.10 Å². The maximum absolute atomic E-state index is 11.5. The van der Waals surface area contributed by atoms with E-state index in [0.717, 1.165) is 0 Å². The van der Waals surface area contributed by atoms with E-state index >= 15 is 0 Å². The summed E-state index contributed by atoms with van der Waals surface area (Å²) in [6, 6.07) is 10.3. The molecule has 0 spiro atoms. The van der Waals surface area contributed by atoms with E-state index < -0.39 is 11.8 Å². The second kappa shape index (κ2) is 7.25. The molecular weight excluding hydrogens is 294 g/mol. The lowest BCUT2D eigenvalue weighted by Crippen LogP contribution is -2.37. The highest BCUT2D eigenvalue weighted by molar-refractivity contribution is 6.35. The van der Waals surface area contributed by atoms with Crippen LogP contribution in [0.5, 0.6) is 0 Å². The third-order valence-electron chi connectivity index (χ3n) is 2.44. The van der Waals surface area contributed by atoms with Crippen molar-refractivity contribution in [1.29, 1.82) is 0 Å². The summed E-state index contributed by atoms with van der Waals surface area (Å²) in [5, 5.41) is 6.64. The topological polar surface area (TPSA) is 83.7 Å². The van der Waals surface area contributed by atoms with Crippen molar-refractivity contribution in [2.24, 2.45) is 5.10 Å². The number of carbonyl (C=O) groups is 2. The Kier molecular flexibility index (Phi) is 5.11. The largest absolute Gasteiger partial charge is 0.467 e. The van der Waals surface area contributed by atoms with Crippen molar-refractivity contribution in [3.05, 3.63) is 59.0 Å². The molecule has 2 aromatic rings. The van der Waals surface area contributed by atoms with Gasteiger partial charge in [-0.05, 0) is 29.8 Å². The summed E-state index contributed by atoms with van der Waals surface area (Å²) in [7, 11) is 0. The average molecular weight is 306 g/mol. The number of furan rings is 1. The highest BCUT2D eigenvalue weighted by Gasteiger charge is 2.12. The molecule has 21 heavy (non-hydrogen) atoms. The van der Waals surface area contributed by atoms with Gasteiger partial charge in [0.05, 0.1) is 19.0 Å². The molecule has 6 nitrogen and oxygen atoms in total. The summed E-state index contributed by atoms with van der Waals surface area (Å²) >= 11 is 5.80. The maximum Gasteiger partial charge on any atom is 0.329 e. The zero-order valence-corrected chi connectivity index (χ0v) is 11.6. The minimum absolute atomic E-state index is 0.136. The summed E-state index contributed by atoms with van der Waals surface area (Å²) in [6.07, 6.45) is 2.88. The molecule has 0 fully saturated rings. The standard InChI is InChI=1S/C14H12ClN3O3/c15-11-4-1-3-10(7-11)8-17-18-14(20)13(19)16-9-12-5-2-6-21-12/h1-8H,9H2,(H,16,19)(H,18,20)/b17-8-. The van der Waals surface area contributed by atoms with Gasteiger partial charge in [0, 0.05) is 5.02 Å². The lowest BCUT2D eigenvalue weighted by atomic mass is 10.2. The van der Waals surface area contributed by atoms with Gasteiger partial charge < -0.3 is 9.73 Å². The molecule has 2 N–H and O–H groups in total. The third-order valence-corrected chi connectivity index (χ3v) is 2.67. The van der Waals surface area contributed by atoms with Crippen molar-refractivity contribution in [1.82, 2.24) is 10.7 Å². The van der Waals surface area contributed by atoms with Crippen molar-refractivity contribution in [3.63, 3.8) is 0 Å². The van der Waals surface area contributed by atoms with Crippen LogP contribution >= 0.6 is 11.6 Å². The predicted molar refractivity (Wildman–Crippen MR) is 77.7 cm³/mol. The first-order chi connectivity index (χ1) is 10.1.